The molecule has 0 radical (unpaired) electrons. The van der Waals surface area contributed by atoms with Gasteiger partial charge in [0.05, 0.1) is 24.9 Å². The van der Waals surface area contributed by atoms with Gasteiger partial charge in [-0.15, -0.1) is 0 Å². The van der Waals surface area contributed by atoms with E-state index in [4.69, 9.17) is 4.74 Å². The Morgan fingerprint density at radius 1 is 1.45 bits per heavy atom. The van der Waals surface area contributed by atoms with Crippen molar-refractivity contribution in [1.29, 1.82) is 0 Å². The first-order chi connectivity index (χ1) is 9.31. The van der Waals surface area contributed by atoms with E-state index in [1.165, 1.54) is 6.20 Å². The Balaban J connectivity index is 2.63. The number of nitrogens with one attached hydrogen (secondary N) is 1. The minimum Gasteiger partial charge on any atom is -0.481 e. The molecule has 0 amide bonds. The lowest BCUT2D eigenvalue weighted by molar-refractivity contribution is -0.142. The van der Waals surface area contributed by atoms with Crippen molar-refractivity contribution in [2.75, 3.05) is 18.5 Å². The maximum atomic E-state index is 11.3. The van der Waals surface area contributed by atoms with E-state index in [-0.39, 0.29) is 5.41 Å². The molecule has 0 spiro atoms. The molecule has 6 nitrogen and oxygen atoms in total. The fourth-order valence-electron chi connectivity index (χ4n) is 1.86. The van der Waals surface area contributed by atoms with Gasteiger partial charge in [0.25, 0.3) is 0 Å². The fraction of sp³-hybridized carbons (Fsp3) is 0.643. The summed E-state index contributed by atoms with van der Waals surface area (Å²) in [7, 11) is 0. The van der Waals surface area contributed by atoms with Gasteiger partial charge in [-0.25, -0.2) is 0 Å². The molecule has 0 aliphatic heterocycles. The highest BCUT2D eigenvalue weighted by Gasteiger charge is 2.24. The number of rotatable bonds is 7. The lowest BCUT2D eigenvalue weighted by atomic mass is 9.84. The number of hydrogen-bond acceptors (Lipinski definition) is 5. The van der Waals surface area contributed by atoms with Crippen LogP contribution in [0.2, 0.25) is 0 Å². The number of ether oxygens (including phenoxy) is 1. The molecule has 1 atom stereocenters. The third kappa shape index (κ3) is 5.86. The predicted octanol–water partition coefficient (Wildman–Crippen LogP) is 2.42. The minimum absolute atomic E-state index is 0.0381. The topological polar surface area (TPSA) is 84.3 Å². The van der Waals surface area contributed by atoms with Crippen LogP contribution in [0.4, 0.5) is 5.82 Å². The van der Waals surface area contributed by atoms with Gasteiger partial charge in [0, 0.05) is 6.54 Å². The van der Waals surface area contributed by atoms with Gasteiger partial charge < -0.3 is 15.2 Å². The van der Waals surface area contributed by atoms with Crippen LogP contribution in [0.1, 0.15) is 34.1 Å². The Kier molecular flexibility index (Phi) is 5.73. The Hall–Kier alpha value is -1.85. The molecule has 0 aromatic carbocycles. The van der Waals surface area contributed by atoms with Gasteiger partial charge in [0.2, 0.25) is 5.88 Å². The number of carboxylic acid groups (broad SMARTS) is 1. The van der Waals surface area contributed by atoms with Gasteiger partial charge in [-0.1, -0.05) is 20.8 Å². The van der Waals surface area contributed by atoms with E-state index < -0.39 is 11.9 Å². The molecule has 0 aliphatic carbocycles. The molecule has 1 unspecified atom stereocenters. The first-order valence-electron chi connectivity index (χ1n) is 6.73. The number of anilines is 1. The van der Waals surface area contributed by atoms with Crippen molar-refractivity contribution >= 4 is 11.8 Å². The Morgan fingerprint density at radius 3 is 2.70 bits per heavy atom. The molecule has 6 heteroatoms. The van der Waals surface area contributed by atoms with Crippen LogP contribution >= 0.6 is 0 Å². The maximum absolute atomic E-state index is 11.3. The first kappa shape index (κ1) is 16.2. The smallest absolute Gasteiger partial charge is 0.308 e. The number of hydrogen-bond donors (Lipinski definition) is 2. The third-order valence-electron chi connectivity index (χ3n) is 2.64. The Bertz CT molecular complexity index is 444. The average Bonchev–Trinajstić information content (AvgIpc) is 2.34. The minimum atomic E-state index is -0.804. The molecule has 0 saturated heterocycles. The monoisotopic (exact) mass is 281 g/mol. The molecule has 0 fully saturated rings. The van der Waals surface area contributed by atoms with Crippen molar-refractivity contribution in [3.05, 3.63) is 12.4 Å². The molecule has 112 valence electrons. The summed E-state index contributed by atoms with van der Waals surface area (Å²) in [5.74, 6) is -0.315. The number of aromatic nitrogens is 2. The number of carbonyl (C=O) groups is 1. The van der Waals surface area contributed by atoms with Gasteiger partial charge in [0.1, 0.15) is 5.82 Å². The second-order valence-electron chi connectivity index (χ2n) is 5.86. The molecule has 1 aromatic rings. The highest BCUT2D eigenvalue weighted by Crippen LogP contribution is 2.25. The second-order valence-corrected chi connectivity index (χ2v) is 5.86. The van der Waals surface area contributed by atoms with Crippen molar-refractivity contribution in [2.24, 2.45) is 11.3 Å². The fourth-order valence-corrected chi connectivity index (χ4v) is 1.86. The van der Waals surface area contributed by atoms with Crippen LogP contribution in [0.15, 0.2) is 12.4 Å². The summed E-state index contributed by atoms with van der Waals surface area (Å²) in [4.78, 5) is 19.5. The Labute approximate surface area is 119 Å². The van der Waals surface area contributed by atoms with E-state index >= 15 is 0 Å². The largest absolute Gasteiger partial charge is 0.481 e. The predicted molar refractivity (Wildman–Crippen MR) is 76.9 cm³/mol. The lowest BCUT2D eigenvalue weighted by Gasteiger charge is -2.23. The molecule has 0 aliphatic rings. The summed E-state index contributed by atoms with van der Waals surface area (Å²) < 4.78 is 5.25. The molecule has 0 saturated carbocycles. The quantitative estimate of drug-likeness (QED) is 0.798. The van der Waals surface area contributed by atoms with Gasteiger partial charge in [-0.05, 0) is 18.8 Å². The molecule has 1 heterocycles. The summed E-state index contributed by atoms with van der Waals surface area (Å²) in [5, 5.41) is 12.3. The van der Waals surface area contributed by atoms with Gasteiger partial charge in [-0.3, -0.25) is 9.78 Å². The van der Waals surface area contributed by atoms with Crippen LogP contribution in [-0.4, -0.2) is 34.2 Å². The standard InChI is InChI=1S/C14H23N3O3/c1-5-20-12-9-15-8-11(17-12)16-7-10(13(18)19)6-14(2,3)4/h8-10H,5-7H2,1-4H3,(H,16,17)(H,18,19). The van der Waals surface area contributed by atoms with Crippen LogP contribution in [0, 0.1) is 11.3 Å². The summed E-state index contributed by atoms with van der Waals surface area (Å²) >= 11 is 0. The summed E-state index contributed by atoms with van der Waals surface area (Å²) in [5.41, 5.74) is -0.0381. The number of aliphatic carboxylic acids is 1. The van der Waals surface area contributed by atoms with Gasteiger partial charge in [0.15, 0.2) is 0 Å². The summed E-state index contributed by atoms with van der Waals surface area (Å²) in [6.07, 6.45) is 3.67. The van der Waals surface area contributed by atoms with E-state index in [1.807, 2.05) is 27.7 Å². The third-order valence-corrected chi connectivity index (χ3v) is 2.64. The van der Waals surface area contributed by atoms with Crippen LogP contribution in [0.5, 0.6) is 5.88 Å². The molecule has 2 N–H and O–H groups in total. The zero-order valence-electron chi connectivity index (χ0n) is 12.5. The van der Waals surface area contributed by atoms with E-state index in [2.05, 4.69) is 15.3 Å². The van der Waals surface area contributed by atoms with Crippen molar-refractivity contribution < 1.29 is 14.6 Å². The number of carboxylic acids is 1. The second kappa shape index (κ2) is 7.07. The zero-order valence-corrected chi connectivity index (χ0v) is 12.5. The average molecular weight is 281 g/mol. The SMILES string of the molecule is CCOc1cncc(NCC(CC(C)(C)C)C(=O)O)n1. The maximum Gasteiger partial charge on any atom is 0.308 e. The van der Waals surface area contributed by atoms with Crippen LogP contribution in [-0.2, 0) is 4.79 Å². The molecular formula is C14H23N3O3. The Morgan fingerprint density at radius 2 is 2.15 bits per heavy atom. The number of nitrogens with zero attached hydrogens (tertiary/aromatic N) is 2. The van der Waals surface area contributed by atoms with E-state index in [9.17, 15) is 9.90 Å². The highest BCUT2D eigenvalue weighted by molar-refractivity contribution is 5.70. The van der Waals surface area contributed by atoms with Gasteiger partial charge >= 0.3 is 5.97 Å². The van der Waals surface area contributed by atoms with E-state index in [0.29, 0.717) is 31.3 Å². The molecule has 1 aromatic heterocycles. The summed E-state index contributed by atoms with van der Waals surface area (Å²) in [6, 6.07) is 0. The van der Waals surface area contributed by atoms with E-state index in [0.717, 1.165) is 0 Å². The van der Waals surface area contributed by atoms with Crippen LogP contribution < -0.4 is 10.1 Å². The van der Waals surface area contributed by atoms with Gasteiger partial charge in [-0.2, -0.15) is 4.98 Å². The molecule has 1 rings (SSSR count). The van der Waals surface area contributed by atoms with Crippen LogP contribution in [0.25, 0.3) is 0 Å². The zero-order chi connectivity index (χ0) is 15.2. The molecule has 0 bridgehead atoms. The van der Waals surface area contributed by atoms with Crippen LogP contribution in [0.3, 0.4) is 0 Å². The van der Waals surface area contributed by atoms with Crippen molar-refractivity contribution in [3.8, 4) is 5.88 Å². The summed E-state index contributed by atoms with van der Waals surface area (Å²) in [6.45, 7) is 8.78. The lowest BCUT2D eigenvalue weighted by Crippen LogP contribution is -2.27. The van der Waals surface area contributed by atoms with Crippen molar-refractivity contribution in [1.82, 2.24) is 9.97 Å². The molecule has 20 heavy (non-hydrogen) atoms. The highest BCUT2D eigenvalue weighted by atomic mass is 16.5. The van der Waals surface area contributed by atoms with Crippen molar-refractivity contribution in [2.45, 2.75) is 34.1 Å². The normalized spacial score (nSPS) is 12.8. The van der Waals surface area contributed by atoms with Crippen molar-refractivity contribution in [3.63, 3.8) is 0 Å². The molecular weight excluding hydrogens is 258 g/mol. The van der Waals surface area contributed by atoms with E-state index in [1.54, 1.807) is 6.20 Å². The first-order valence-corrected chi connectivity index (χ1v) is 6.73.